The summed E-state index contributed by atoms with van der Waals surface area (Å²) in [5, 5.41) is 19.3. The van der Waals surface area contributed by atoms with E-state index in [-0.39, 0.29) is 5.91 Å². The Balaban J connectivity index is 1.77. The van der Waals surface area contributed by atoms with E-state index in [0.29, 0.717) is 18.0 Å². The number of hydrogen-bond donors (Lipinski definition) is 2. The van der Waals surface area contributed by atoms with E-state index in [1.165, 1.54) is 6.92 Å². The van der Waals surface area contributed by atoms with Crippen LogP contribution >= 0.6 is 0 Å². The quantitative estimate of drug-likeness (QED) is 0.890. The normalized spacial score (nSPS) is 16.9. The third-order valence-corrected chi connectivity index (χ3v) is 4.36. The fourth-order valence-electron chi connectivity index (χ4n) is 3.14. The van der Waals surface area contributed by atoms with E-state index >= 15 is 0 Å². The van der Waals surface area contributed by atoms with Gasteiger partial charge in [0.25, 0.3) is 0 Å². The average Bonchev–Trinajstić information content (AvgIpc) is 3.21. The summed E-state index contributed by atoms with van der Waals surface area (Å²) in [6, 6.07) is 4.19. The molecule has 0 aromatic carbocycles. The predicted octanol–water partition coefficient (Wildman–Crippen LogP) is 1.61. The molecule has 7 nitrogen and oxygen atoms in total. The van der Waals surface area contributed by atoms with E-state index in [0.717, 1.165) is 42.1 Å². The molecule has 0 radical (unpaired) electrons. The molecule has 3 rings (SSSR count). The minimum Gasteiger partial charge on any atom is -0.370 e. The van der Waals surface area contributed by atoms with Crippen molar-refractivity contribution in [1.29, 1.82) is 5.26 Å². The van der Waals surface area contributed by atoms with Gasteiger partial charge in [-0.3, -0.25) is 14.9 Å². The standard InChI is InChI=1S/C17H20N6O/c1-11-5-16(14(6-18)7-19-11)23-4-3-13(10-23)17-15(9-21-22-17)8-20-12(2)24/h5,7,9,13H,3-4,8,10H2,1-2H3,(H,20,24)(H,21,22). The zero-order valence-corrected chi connectivity index (χ0v) is 13.8. The molecule has 2 N–H and O–H groups in total. The highest BCUT2D eigenvalue weighted by Crippen LogP contribution is 2.32. The van der Waals surface area contributed by atoms with Crippen molar-refractivity contribution < 1.29 is 4.79 Å². The van der Waals surface area contributed by atoms with Gasteiger partial charge in [-0.05, 0) is 19.4 Å². The number of carbonyl (C=O) groups excluding carboxylic acids is 1. The summed E-state index contributed by atoms with van der Waals surface area (Å²) < 4.78 is 0. The summed E-state index contributed by atoms with van der Waals surface area (Å²) in [7, 11) is 0. The second kappa shape index (κ2) is 6.71. The Morgan fingerprint density at radius 3 is 3.12 bits per heavy atom. The van der Waals surface area contributed by atoms with Crippen molar-refractivity contribution in [3.63, 3.8) is 0 Å². The number of rotatable bonds is 4. The van der Waals surface area contributed by atoms with E-state index in [1.54, 1.807) is 12.4 Å². The summed E-state index contributed by atoms with van der Waals surface area (Å²) in [4.78, 5) is 17.5. The number of pyridine rings is 1. The van der Waals surface area contributed by atoms with Crippen LogP contribution in [-0.2, 0) is 11.3 Å². The number of aromatic amines is 1. The molecule has 1 unspecified atom stereocenters. The highest BCUT2D eigenvalue weighted by Gasteiger charge is 2.28. The molecule has 1 atom stereocenters. The summed E-state index contributed by atoms with van der Waals surface area (Å²) in [6.45, 7) is 5.61. The molecule has 0 saturated carbocycles. The lowest BCUT2D eigenvalue weighted by atomic mass is 10.0. The Labute approximate surface area is 140 Å². The van der Waals surface area contributed by atoms with Crippen LogP contribution in [0.15, 0.2) is 18.5 Å². The molecule has 1 fully saturated rings. The second-order valence-electron chi connectivity index (χ2n) is 6.10. The van der Waals surface area contributed by atoms with Crippen molar-refractivity contribution in [3.05, 3.63) is 41.0 Å². The molecule has 124 valence electrons. The van der Waals surface area contributed by atoms with Gasteiger partial charge in [0, 0.05) is 55.6 Å². The largest absolute Gasteiger partial charge is 0.370 e. The summed E-state index contributed by atoms with van der Waals surface area (Å²) in [5.74, 6) is 0.248. The van der Waals surface area contributed by atoms with Crippen molar-refractivity contribution in [1.82, 2.24) is 20.5 Å². The maximum absolute atomic E-state index is 11.1. The van der Waals surface area contributed by atoms with Crippen LogP contribution in [0.25, 0.3) is 0 Å². The van der Waals surface area contributed by atoms with Crippen LogP contribution in [0.2, 0.25) is 0 Å². The fraction of sp³-hybridized carbons (Fsp3) is 0.412. The molecule has 2 aromatic rings. The molecular formula is C17H20N6O. The number of carbonyl (C=O) groups is 1. The van der Waals surface area contributed by atoms with Gasteiger partial charge in [-0.2, -0.15) is 10.4 Å². The van der Waals surface area contributed by atoms with E-state index in [4.69, 9.17) is 0 Å². The smallest absolute Gasteiger partial charge is 0.217 e. The number of H-pyrrole nitrogens is 1. The first-order valence-corrected chi connectivity index (χ1v) is 7.96. The van der Waals surface area contributed by atoms with Gasteiger partial charge in [-0.25, -0.2) is 0 Å². The van der Waals surface area contributed by atoms with Gasteiger partial charge in [-0.15, -0.1) is 0 Å². The maximum atomic E-state index is 11.1. The molecule has 0 bridgehead atoms. The second-order valence-corrected chi connectivity index (χ2v) is 6.10. The van der Waals surface area contributed by atoms with Gasteiger partial charge in [-0.1, -0.05) is 0 Å². The predicted molar refractivity (Wildman–Crippen MR) is 89.4 cm³/mol. The number of aryl methyl sites for hydroxylation is 1. The Morgan fingerprint density at radius 2 is 2.38 bits per heavy atom. The zero-order valence-electron chi connectivity index (χ0n) is 13.8. The van der Waals surface area contributed by atoms with Crippen LogP contribution in [-0.4, -0.2) is 34.2 Å². The Morgan fingerprint density at radius 1 is 1.54 bits per heavy atom. The summed E-state index contributed by atoms with van der Waals surface area (Å²) >= 11 is 0. The van der Waals surface area contributed by atoms with Gasteiger partial charge < -0.3 is 10.2 Å². The maximum Gasteiger partial charge on any atom is 0.217 e. The van der Waals surface area contributed by atoms with Crippen molar-refractivity contribution >= 4 is 11.6 Å². The van der Waals surface area contributed by atoms with E-state index < -0.39 is 0 Å². The topological polar surface area (TPSA) is 97.7 Å². The molecule has 1 amide bonds. The van der Waals surface area contributed by atoms with E-state index in [1.807, 2.05) is 13.0 Å². The number of nitrogens with one attached hydrogen (secondary N) is 2. The van der Waals surface area contributed by atoms with Crippen LogP contribution in [0.1, 0.15) is 41.8 Å². The van der Waals surface area contributed by atoms with Crippen molar-refractivity contribution in [3.8, 4) is 6.07 Å². The van der Waals surface area contributed by atoms with Gasteiger partial charge >= 0.3 is 0 Å². The molecule has 1 aliphatic rings. The lowest BCUT2D eigenvalue weighted by Crippen LogP contribution is -2.22. The Kier molecular flexibility index (Phi) is 4.47. The Hall–Kier alpha value is -2.88. The zero-order chi connectivity index (χ0) is 17.1. The third-order valence-electron chi connectivity index (χ3n) is 4.36. The molecule has 3 heterocycles. The number of anilines is 1. The van der Waals surface area contributed by atoms with Crippen LogP contribution < -0.4 is 10.2 Å². The number of hydrogen-bond acceptors (Lipinski definition) is 5. The molecule has 1 aliphatic heterocycles. The van der Waals surface area contributed by atoms with E-state index in [9.17, 15) is 10.1 Å². The number of nitrogens with zero attached hydrogens (tertiary/aromatic N) is 4. The van der Waals surface area contributed by atoms with Crippen LogP contribution in [0.5, 0.6) is 0 Å². The highest BCUT2D eigenvalue weighted by atomic mass is 16.1. The molecule has 7 heteroatoms. The number of nitriles is 1. The monoisotopic (exact) mass is 324 g/mol. The van der Waals surface area contributed by atoms with Crippen molar-refractivity contribution in [2.24, 2.45) is 0 Å². The Bertz CT molecular complexity index is 791. The van der Waals surface area contributed by atoms with Crippen LogP contribution in [0.3, 0.4) is 0 Å². The molecule has 0 aliphatic carbocycles. The van der Waals surface area contributed by atoms with Crippen LogP contribution in [0, 0.1) is 18.3 Å². The minimum absolute atomic E-state index is 0.0545. The van der Waals surface area contributed by atoms with Gasteiger partial charge in [0.15, 0.2) is 0 Å². The molecule has 1 saturated heterocycles. The van der Waals surface area contributed by atoms with Crippen molar-refractivity contribution in [2.75, 3.05) is 18.0 Å². The molecule has 0 spiro atoms. The lowest BCUT2D eigenvalue weighted by Gasteiger charge is -2.20. The number of aromatic nitrogens is 3. The van der Waals surface area contributed by atoms with Gasteiger partial charge in [0.05, 0.1) is 17.4 Å². The van der Waals surface area contributed by atoms with Gasteiger partial charge in [0.2, 0.25) is 5.91 Å². The highest BCUT2D eigenvalue weighted by molar-refractivity contribution is 5.72. The lowest BCUT2D eigenvalue weighted by molar-refractivity contribution is -0.119. The first kappa shape index (κ1) is 16.0. The molecule has 2 aromatic heterocycles. The first-order valence-electron chi connectivity index (χ1n) is 7.96. The third kappa shape index (κ3) is 3.23. The van der Waals surface area contributed by atoms with Crippen molar-refractivity contribution in [2.45, 2.75) is 32.7 Å². The summed E-state index contributed by atoms with van der Waals surface area (Å²) in [5.41, 5.74) is 4.53. The van der Waals surface area contributed by atoms with Crippen LogP contribution in [0.4, 0.5) is 5.69 Å². The molecule has 24 heavy (non-hydrogen) atoms. The SMILES string of the molecule is CC(=O)NCc1cn[nH]c1C1CCN(c2cc(C)ncc2C#N)C1. The average molecular weight is 324 g/mol. The molecular weight excluding hydrogens is 304 g/mol. The van der Waals surface area contributed by atoms with E-state index in [2.05, 4.69) is 31.5 Å². The first-order chi connectivity index (χ1) is 11.6. The van der Waals surface area contributed by atoms with Gasteiger partial charge in [0.1, 0.15) is 6.07 Å². The number of amides is 1. The fourth-order valence-corrected chi connectivity index (χ4v) is 3.14. The summed E-state index contributed by atoms with van der Waals surface area (Å²) in [6.07, 6.45) is 4.38. The minimum atomic E-state index is -0.0545.